The van der Waals surface area contributed by atoms with E-state index in [1.165, 1.54) is 0 Å². The van der Waals surface area contributed by atoms with Crippen molar-refractivity contribution in [3.05, 3.63) is 65.7 Å². The Hall–Kier alpha value is -2.62. The predicted molar refractivity (Wildman–Crippen MR) is 92.3 cm³/mol. The predicted octanol–water partition coefficient (Wildman–Crippen LogP) is 4.03. The van der Waals surface area contributed by atoms with Crippen molar-refractivity contribution in [1.82, 2.24) is 0 Å². The topological polar surface area (TPSA) is 52.6 Å². The highest BCUT2D eigenvalue weighted by Gasteiger charge is 2.32. The van der Waals surface area contributed by atoms with E-state index in [1.807, 2.05) is 18.2 Å². The molecule has 4 nitrogen and oxygen atoms in total. The van der Waals surface area contributed by atoms with Crippen molar-refractivity contribution in [3.63, 3.8) is 0 Å². The first-order valence-electron chi connectivity index (χ1n) is 7.89. The van der Waals surface area contributed by atoms with Crippen LogP contribution in [-0.4, -0.2) is 23.5 Å². The molecular weight excluding hydrogens is 304 g/mol. The molecule has 2 aromatic rings. The first-order chi connectivity index (χ1) is 11.3. The van der Waals surface area contributed by atoms with E-state index >= 15 is 0 Å². The summed E-state index contributed by atoms with van der Waals surface area (Å²) in [6.07, 6.45) is -0.216. The van der Waals surface area contributed by atoms with Gasteiger partial charge in [0, 0.05) is 11.1 Å². The van der Waals surface area contributed by atoms with Crippen LogP contribution in [0.2, 0.25) is 0 Å². The van der Waals surface area contributed by atoms with Gasteiger partial charge in [-0.1, -0.05) is 42.5 Å². The van der Waals surface area contributed by atoms with Gasteiger partial charge in [0.2, 0.25) is 0 Å². The molecule has 0 N–H and O–H groups in total. The third-order valence-corrected chi connectivity index (χ3v) is 3.34. The summed E-state index contributed by atoms with van der Waals surface area (Å²) in [6.45, 7) is 6.85. The van der Waals surface area contributed by atoms with Crippen molar-refractivity contribution in [3.8, 4) is 5.75 Å². The van der Waals surface area contributed by atoms with Crippen molar-refractivity contribution >= 4 is 11.8 Å². The molecule has 0 aliphatic heterocycles. The Morgan fingerprint density at radius 2 is 1.54 bits per heavy atom. The van der Waals surface area contributed by atoms with Crippen molar-refractivity contribution in [2.75, 3.05) is 0 Å². The molecule has 0 amide bonds. The summed E-state index contributed by atoms with van der Waals surface area (Å²) in [6, 6.07) is 15.8. The zero-order valence-electron chi connectivity index (χ0n) is 14.4. The van der Waals surface area contributed by atoms with Gasteiger partial charge in [-0.05, 0) is 39.8 Å². The van der Waals surface area contributed by atoms with E-state index in [2.05, 4.69) is 0 Å². The molecule has 0 saturated heterocycles. The van der Waals surface area contributed by atoms with E-state index in [9.17, 15) is 9.59 Å². The molecular formula is C20H22O4. The number of esters is 1. The standard InChI is InChI=1S/C20H22O4/c1-14(2)23-19(22)20(3,4)24-17-12-8-11-16(13-17)18(21)15-9-6-5-7-10-15/h5-14H,1-4H3. The molecule has 2 aromatic carbocycles. The minimum absolute atomic E-state index is 0.0939. The van der Waals surface area contributed by atoms with Crippen LogP contribution in [0.25, 0.3) is 0 Å². The van der Waals surface area contributed by atoms with Crippen LogP contribution in [0.1, 0.15) is 43.6 Å². The highest BCUT2D eigenvalue weighted by Crippen LogP contribution is 2.22. The molecule has 0 aromatic heterocycles. The quantitative estimate of drug-likeness (QED) is 0.594. The van der Waals surface area contributed by atoms with Gasteiger partial charge in [-0.25, -0.2) is 4.79 Å². The fraction of sp³-hybridized carbons (Fsp3) is 0.300. The second-order valence-electron chi connectivity index (χ2n) is 6.29. The van der Waals surface area contributed by atoms with Crippen LogP contribution in [0.5, 0.6) is 5.75 Å². The van der Waals surface area contributed by atoms with Crippen molar-refractivity contribution in [2.24, 2.45) is 0 Å². The zero-order chi connectivity index (χ0) is 17.7. The molecule has 24 heavy (non-hydrogen) atoms. The number of ether oxygens (including phenoxy) is 2. The van der Waals surface area contributed by atoms with E-state index < -0.39 is 11.6 Å². The number of carbonyl (C=O) groups is 2. The lowest BCUT2D eigenvalue weighted by atomic mass is 10.0. The molecule has 0 bridgehead atoms. The summed E-state index contributed by atoms with van der Waals surface area (Å²) in [7, 11) is 0. The largest absolute Gasteiger partial charge is 0.476 e. The number of ketones is 1. The SMILES string of the molecule is CC(C)OC(=O)C(C)(C)Oc1cccc(C(=O)c2ccccc2)c1. The average molecular weight is 326 g/mol. The summed E-state index contributed by atoms with van der Waals surface area (Å²) >= 11 is 0. The zero-order valence-corrected chi connectivity index (χ0v) is 14.4. The Labute approximate surface area is 142 Å². The first-order valence-corrected chi connectivity index (χ1v) is 7.89. The van der Waals surface area contributed by atoms with Crippen LogP contribution < -0.4 is 4.74 Å². The summed E-state index contributed by atoms with van der Waals surface area (Å²) in [5.74, 6) is -0.0941. The molecule has 0 spiro atoms. The van der Waals surface area contributed by atoms with Crippen LogP contribution in [-0.2, 0) is 9.53 Å². The van der Waals surface area contributed by atoms with Gasteiger partial charge in [-0.2, -0.15) is 0 Å². The monoisotopic (exact) mass is 326 g/mol. The van der Waals surface area contributed by atoms with Gasteiger partial charge in [-0.15, -0.1) is 0 Å². The van der Waals surface area contributed by atoms with E-state index in [-0.39, 0.29) is 11.9 Å². The normalized spacial score (nSPS) is 11.2. The van der Waals surface area contributed by atoms with Gasteiger partial charge in [-0.3, -0.25) is 4.79 Å². The van der Waals surface area contributed by atoms with E-state index in [4.69, 9.17) is 9.47 Å². The van der Waals surface area contributed by atoms with Gasteiger partial charge in [0.1, 0.15) is 5.75 Å². The van der Waals surface area contributed by atoms with E-state index in [1.54, 1.807) is 64.1 Å². The summed E-state index contributed by atoms with van der Waals surface area (Å²) < 4.78 is 11.0. The van der Waals surface area contributed by atoms with Crippen molar-refractivity contribution in [2.45, 2.75) is 39.4 Å². The third-order valence-electron chi connectivity index (χ3n) is 3.34. The Morgan fingerprint density at radius 1 is 0.917 bits per heavy atom. The minimum atomic E-state index is -1.14. The Bertz CT molecular complexity index is 717. The number of benzene rings is 2. The molecule has 4 heteroatoms. The second kappa shape index (κ2) is 7.30. The highest BCUT2D eigenvalue weighted by atomic mass is 16.6. The smallest absolute Gasteiger partial charge is 0.350 e. The molecule has 0 fully saturated rings. The summed E-state index contributed by atoms with van der Waals surface area (Å²) in [5.41, 5.74) is -0.0292. The first kappa shape index (κ1) is 17.7. The molecule has 126 valence electrons. The molecule has 0 aliphatic carbocycles. The van der Waals surface area contributed by atoms with Gasteiger partial charge < -0.3 is 9.47 Å². The van der Waals surface area contributed by atoms with Gasteiger partial charge >= 0.3 is 5.97 Å². The Balaban J connectivity index is 2.19. The fourth-order valence-electron chi connectivity index (χ4n) is 2.15. The number of rotatable bonds is 6. The Kier molecular flexibility index (Phi) is 5.39. The number of hydrogen-bond donors (Lipinski definition) is 0. The number of hydrogen-bond acceptors (Lipinski definition) is 4. The summed E-state index contributed by atoms with van der Waals surface area (Å²) in [5, 5.41) is 0. The number of carbonyl (C=O) groups excluding carboxylic acids is 2. The van der Waals surface area contributed by atoms with Crippen molar-refractivity contribution < 1.29 is 19.1 Å². The van der Waals surface area contributed by atoms with E-state index in [0.717, 1.165) is 0 Å². The maximum Gasteiger partial charge on any atom is 0.350 e. The molecule has 0 heterocycles. The fourth-order valence-corrected chi connectivity index (χ4v) is 2.15. The molecule has 0 atom stereocenters. The van der Waals surface area contributed by atoms with Crippen LogP contribution in [0.4, 0.5) is 0 Å². The highest BCUT2D eigenvalue weighted by molar-refractivity contribution is 6.09. The third kappa shape index (κ3) is 4.44. The lowest BCUT2D eigenvalue weighted by Crippen LogP contribution is -2.40. The van der Waals surface area contributed by atoms with Crippen LogP contribution in [0.3, 0.4) is 0 Å². The maximum atomic E-state index is 12.5. The van der Waals surface area contributed by atoms with Crippen LogP contribution >= 0.6 is 0 Å². The Morgan fingerprint density at radius 3 is 2.17 bits per heavy atom. The summed E-state index contributed by atoms with van der Waals surface area (Å²) in [4.78, 5) is 24.6. The lowest BCUT2D eigenvalue weighted by molar-refractivity contribution is -0.163. The molecule has 0 saturated carbocycles. The average Bonchev–Trinajstić information content (AvgIpc) is 2.54. The molecule has 0 radical (unpaired) electrons. The molecule has 2 rings (SSSR count). The van der Waals surface area contributed by atoms with Crippen molar-refractivity contribution in [1.29, 1.82) is 0 Å². The molecule has 0 unspecified atom stereocenters. The van der Waals surface area contributed by atoms with Crippen LogP contribution in [0, 0.1) is 0 Å². The lowest BCUT2D eigenvalue weighted by Gasteiger charge is -2.25. The minimum Gasteiger partial charge on any atom is -0.476 e. The van der Waals surface area contributed by atoms with Gasteiger partial charge in [0.05, 0.1) is 6.10 Å². The van der Waals surface area contributed by atoms with Gasteiger partial charge in [0.15, 0.2) is 11.4 Å². The molecule has 0 aliphatic rings. The van der Waals surface area contributed by atoms with Crippen LogP contribution in [0.15, 0.2) is 54.6 Å². The maximum absolute atomic E-state index is 12.5. The van der Waals surface area contributed by atoms with E-state index in [0.29, 0.717) is 16.9 Å². The van der Waals surface area contributed by atoms with Gasteiger partial charge in [0.25, 0.3) is 0 Å². The second-order valence-corrected chi connectivity index (χ2v) is 6.29.